The fourth-order valence-electron chi connectivity index (χ4n) is 4.55. The highest BCUT2D eigenvalue weighted by Gasteiger charge is 2.22. The first-order chi connectivity index (χ1) is 16.7. The Labute approximate surface area is 199 Å². The number of hydrogen-bond donors (Lipinski definition) is 0. The van der Waals surface area contributed by atoms with E-state index in [4.69, 9.17) is 9.72 Å². The van der Waals surface area contributed by atoms with Crippen LogP contribution in [0.5, 0.6) is 5.75 Å². The number of imidazole rings is 1. The van der Waals surface area contributed by atoms with Crippen molar-refractivity contribution in [2.24, 2.45) is 0 Å². The number of rotatable bonds is 7. The zero-order valence-corrected chi connectivity index (χ0v) is 19.4. The number of carbonyl (C=O) groups excluding carboxylic acids is 1. The van der Waals surface area contributed by atoms with Gasteiger partial charge in [0.1, 0.15) is 17.1 Å². The monoisotopic (exact) mass is 455 g/mol. The van der Waals surface area contributed by atoms with Crippen LogP contribution in [0.3, 0.4) is 0 Å². The number of ether oxygens (including phenoxy) is 1. The molecular formula is C27H29N5O2. The second-order valence-electron chi connectivity index (χ2n) is 8.47. The predicted octanol–water partition coefficient (Wildman–Crippen LogP) is 4.10. The standard InChI is InChI=1S/C27H29N5O2/c1-34-23-11-5-10-22(20-23)30-16-18-31(19-17-30)26(33)14-6-13-25-29-24-12-7-15-28-27(24)32(25)21-8-3-2-4-9-21/h2-5,7-12,15,20H,6,13-14,16-19H2,1H3. The van der Waals surface area contributed by atoms with E-state index >= 15 is 0 Å². The Bertz CT molecular complexity index is 1260. The third kappa shape index (κ3) is 4.59. The highest BCUT2D eigenvalue weighted by molar-refractivity contribution is 5.77. The Balaban J connectivity index is 1.20. The first kappa shape index (κ1) is 21.9. The van der Waals surface area contributed by atoms with Crippen molar-refractivity contribution < 1.29 is 9.53 Å². The van der Waals surface area contributed by atoms with Gasteiger partial charge >= 0.3 is 0 Å². The Morgan fingerprint density at radius 1 is 0.941 bits per heavy atom. The van der Waals surface area contributed by atoms with E-state index in [0.717, 1.165) is 73.1 Å². The molecule has 0 bridgehead atoms. The molecule has 174 valence electrons. The molecule has 0 N–H and O–H groups in total. The van der Waals surface area contributed by atoms with E-state index in [1.165, 1.54) is 0 Å². The summed E-state index contributed by atoms with van der Waals surface area (Å²) < 4.78 is 7.44. The molecule has 0 atom stereocenters. The van der Waals surface area contributed by atoms with Crippen molar-refractivity contribution in [2.75, 3.05) is 38.2 Å². The van der Waals surface area contributed by atoms with Gasteiger partial charge in [0.05, 0.1) is 7.11 Å². The topological polar surface area (TPSA) is 63.5 Å². The maximum absolute atomic E-state index is 12.9. The fraction of sp³-hybridized carbons (Fsp3) is 0.296. The van der Waals surface area contributed by atoms with Crippen molar-refractivity contribution in [1.29, 1.82) is 0 Å². The second-order valence-corrected chi connectivity index (χ2v) is 8.47. The molecule has 0 saturated carbocycles. The Morgan fingerprint density at radius 3 is 2.53 bits per heavy atom. The largest absolute Gasteiger partial charge is 0.497 e. The Hall–Kier alpha value is -3.87. The average molecular weight is 456 g/mol. The minimum absolute atomic E-state index is 0.214. The van der Waals surface area contributed by atoms with Crippen LogP contribution < -0.4 is 9.64 Å². The van der Waals surface area contributed by atoms with Gasteiger partial charge in [-0.1, -0.05) is 24.3 Å². The smallest absolute Gasteiger partial charge is 0.222 e. The van der Waals surface area contributed by atoms with Gasteiger partial charge in [0.2, 0.25) is 5.91 Å². The SMILES string of the molecule is COc1cccc(N2CCN(C(=O)CCCc3nc4cccnc4n3-c3ccccc3)CC2)c1. The molecule has 1 aliphatic heterocycles. The lowest BCUT2D eigenvalue weighted by molar-refractivity contribution is -0.131. The van der Waals surface area contributed by atoms with E-state index in [1.54, 1.807) is 13.3 Å². The summed E-state index contributed by atoms with van der Waals surface area (Å²) in [6.45, 7) is 3.13. The lowest BCUT2D eigenvalue weighted by Crippen LogP contribution is -2.48. The van der Waals surface area contributed by atoms with Crippen molar-refractivity contribution >= 4 is 22.8 Å². The normalized spacial score (nSPS) is 13.9. The van der Waals surface area contributed by atoms with Crippen molar-refractivity contribution in [3.63, 3.8) is 0 Å². The van der Waals surface area contributed by atoms with Crippen molar-refractivity contribution in [3.05, 3.63) is 78.8 Å². The van der Waals surface area contributed by atoms with Gasteiger partial charge in [-0.05, 0) is 42.8 Å². The Morgan fingerprint density at radius 2 is 1.74 bits per heavy atom. The summed E-state index contributed by atoms with van der Waals surface area (Å²) in [6, 6.07) is 22.1. The molecule has 5 rings (SSSR count). The molecule has 0 spiro atoms. The zero-order valence-electron chi connectivity index (χ0n) is 19.4. The van der Waals surface area contributed by atoms with Gasteiger partial charge in [-0.3, -0.25) is 9.36 Å². The summed E-state index contributed by atoms with van der Waals surface area (Å²) in [5.41, 5.74) is 3.91. The number of aryl methyl sites for hydroxylation is 1. The van der Waals surface area contributed by atoms with Crippen LogP contribution in [0.1, 0.15) is 18.7 Å². The van der Waals surface area contributed by atoms with Gasteiger partial charge in [-0.2, -0.15) is 0 Å². The summed E-state index contributed by atoms with van der Waals surface area (Å²) in [5.74, 6) is 2.01. The number of pyridine rings is 1. The van der Waals surface area contributed by atoms with Crippen molar-refractivity contribution in [3.8, 4) is 11.4 Å². The van der Waals surface area contributed by atoms with Crippen LogP contribution in [0.2, 0.25) is 0 Å². The third-order valence-electron chi connectivity index (χ3n) is 6.34. The van der Waals surface area contributed by atoms with Crippen LogP contribution in [0.25, 0.3) is 16.9 Å². The summed E-state index contributed by atoms with van der Waals surface area (Å²) in [7, 11) is 1.68. The Kier molecular flexibility index (Phi) is 6.42. The van der Waals surface area contributed by atoms with E-state index in [0.29, 0.717) is 6.42 Å². The lowest BCUT2D eigenvalue weighted by atomic mass is 10.2. The molecule has 1 saturated heterocycles. The average Bonchev–Trinajstić information content (AvgIpc) is 3.27. The van der Waals surface area contributed by atoms with Crippen LogP contribution >= 0.6 is 0 Å². The summed E-state index contributed by atoms with van der Waals surface area (Å²) in [5, 5.41) is 0. The van der Waals surface area contributed by atoms with Crippen LogP contribution in [0, 0.1) is 0 Å². The quantitative estimate of drug-likeness (QED) is 0.420. The molecule has 3 heterocycles. The zero-order chi connectivity index (χ0) is 23.3. The van der Waals surface area contributed by atoms with E-state index in [-0.39, 0.29) is 5.91 Å². The van der Waals surface area contributed by atoms with Crippen LogP contribution in [-0.4, -0.2) is 58.6 Å². The molecule has 1 amide bonds. The highest BCUT2D eigenvalue weighted by atomic mass is 16.5. The highest BCUT2D eigenvalue weighted by Crippen LogP contribution is 2.23. The number of amides is 1. The van der Waals surface area contributed by atoms with Crippen molar-refractivity contribution in [2.45, 2.75) is 19.3 Å². The van der Waals surface area contributed by atoms with Gasteiger partial charge in [-0.25, -0.2) is 9.97 Å². The first-order valence-electron chi connectivity index (χ1n) is 11.8. The molecule has 2 aromatic carbocycles. The summed E-state index contributed by atoms with van der Waals surface area (Å²) in [4.78, 5) is 26.6. The maximum Gasteiger partial charge on any atom is 0.222 e. The number of methoxy groups -OCH3 is 1. The van der Waals surface area contributed by atoms with Crippen LogP contribution in [0.15, 0.2) is 72.9 Å². The number of para-hydroxylation sites is 1. The maximum atomic E-state index is 12.9. The van der Waals surface area contributed by atoms with Crippen LogP contribution in [0.4, 0.5) is 5.69 Å². The third-order valence-corrected chi connectivity index (χ3v) is 6.34. The van der Waals surface area contributed by atoms with Gasteiger partial charge in [0.15, 0.2) is 5.65 Å². The molecule has 1 fully saturated rings. The van der Waals surface area contributed by atoms with E-state index in [9.17, 15) is 4.79 Å². The molecular weight excluding hydrogens is 426 g/mol. The molecule has 2 aromatic heterocycles. The molecule has 4 aromatic rings. The van der Waals surface area contributed by atoms with Crippen molar-refractivity contribution in [1.82, 2.24) is 19.4 Å². The molecule has 0 unspecified atom stereocenters. The number of anilines is 1. The number of aromatic nitrogens is 3. The number of benzene rings is 2. The lowest BCUT2D eigenvalue weighted by Gasteiger charge is -2.36. The molecule has 7 heteroatoms. The first-order valence-corrected chi connectivity index (χ1v) is 11.8. The molecule has 7 nitrogen and oxygen atoms in total. The van der Waals surface area contributed by atoms with Gasteiger partial charge in [0, 0.05) is 62.7 Å². The number of piperazine rings is 1. The van der Waals surface area contributed by atoms with E-state index < -0.39 is 0 Å². The minimum atomic E-state index is 0.214. The predicted molar refractivity (Wildman–Crippen MR) is 134 cm³/mol. The molecule has 0 radical (unpaired) electrons. The second kappa shape index (κ2) is 9.95. The fourth-order valence-corrected chi connectivity index (χ4v) is 4.55. The number of carbonyl (C=O) groups is 1. The minimum Gasteiger partial charge on any atom is -0.497 e. The van der Waals surface area contributed by atoms with E-state index in [2.05, 4.69) is 32.7 Å². The number of nitrogens with zero attached hydrogens (tertiary/aromatic N) is 5. The number of fused-ring (bicyclic) bond motifs is 1. The number of hydrogen-bond acceptors (Lipinski definition) is 5. The van der Waals surface area contributed by atoms with Crippen LogP contribution in [-0.2, 0) is 11.2 Å². The molecule has 34 heavy (non-hydrogen) atoms. The summed E-state index contributed by atoms with van der Waals surface area (Å²) in [6.07, 6.45) is 3.79. The van der Waals surface area contributed by atoms with E-state index in [1.807, 2.05) is 53.4 Å². The summed E-state index contributed by atoms with van der Waals surface area (Å²) >= 11 is 0. The molecule has 1 aliphatic rings. The van der Waals surface area contributed by atoms with Gasteiger partial charge < -0.3 is 14.5 Å². The van der Waals surface area contributed by atoms with Gasteiger partial charge in [-0.15, -0.1) is 0 Å². The molecule has 0 aliphatic carbocycles. The van der Waals surface area contributed by atoms with Gasteiger partial charge in [0.25, 0.3) is 0 Å².